The molecule has 2 heterocycles. The molecule has 0 saturated heterocycles. The van der Waals surface area contributed by atoms with Crippen LogP contribution in [0.25, 0.3) is 21.5 Å². The van der Waals surface area contributed by atoms with Gasteiger partial charge in [-0.3, -0.25) is 0 Å². The van der Waals surface area contributed by atoms with E-state index in [0.717, 1.165) is 31.7 Å². The van der Waals surface area contributed by atoms with Crippen molar-refractivity contribution in [1.82, 2.24) is 9.97 Å². The molecule has 4 aromatic rings. The third-order valence-corrected chi connectivity index (χ3v) is 6.26. The minimum atomic E-state index is 0.505. The third kappa shape index (κ3) is 3.68. The van der Waals surface area contributed by atoms with Crippen molar-refractivity contribution in [3.8, 4) is 22.8 Å². The van der Waals surface area contributed by atoms with Gasteiger partial charge in [0.1, 0.15) is 0 Å². The molecule has 0 unspecified atom stereocenters. The van der Waals surface area contributed by atoms with Crippen LogP contribution in [-0.4, -0.2) is 24.2 Å². The third-order valence-electron chi connectivity index (χ3n) is 3.83. The monoisotopic (exact) mass is 437 g/mol. The predicted molar refractivity (Wildman–Crippen MR) is 114 cm³/mol. The minimum absolute atomic E-state index is 0.505. The topological polar surface area (TPSA) is 56.3 Å². The largest absolute Gasteiger partial charge is 0.493 e. The van der Waals surface area contributed by atoms with E-state index in [1.54, 1.807) is 26.4 Å². The fourth-order valence-electron chi connectivity index (χ4n) is 2.52. The zero-order valence-corrected chi connectivity index (χ0v) is 17.4. The van der Waals surface area contributed by atoms with E-state index in [-0.39, 0.29) is 0 Å². The average molecular weight is 438 g/mol. The van der Waals surface area contributed by atoms with Crippen molar-refractivity contribution in [2.24, 2.45) is 0 Å². The van der Waals surface area contributed by atoms with Crippen molar-refractivity contribution >= 4 is 66.4 Å². The molecule has 0 fully saturated rings. The standard InChI is InChI=1S/C18H13Cl2N3O2S2/c1-24-14-6-12-16(7-15(14)25-2)27-18(21-12)23-17-22-13(8-26-17)9-3-4-10(19)11(20)5-9/h3-8H,1-2H3,(H,21,22,23). The molecule has 4 rings (SSSR count). The van der Waals surface area contributed by atoms with Gasteiger partial charge in [-0.2, -0.15) is 0 Å². The van der Waals surface area contributed by atoms with Crippen LogP contribution in [0.5, 0.6) is 11.5 Å². The first kappa shape index (κ1) is 18.3. The quantitative estimate of drug-likeness (QED) is 0.386. The Morgan fingerprint density at radius 1 is 0.926 bits per heavy atom. The Labute approximate surface area is 173 Å². The number of hydrogen-bond acceptors (Lipinski definition) is 7. The van der Waals surface area contributed by atoms with Gasteiger partial charge in [-0.25, -0.2) is 9.97 Å². The molecule has 0 aliphatic heterocycles. The molecule has 0 spiro atoms. The minimum Gasteiger partial charge on any atom is -0.493 e. The Balaban J connectivity index is 1.61. The van der Waals surface area contributed by atoms with Gasteiger partial charge in [-0.05, 0) is 12.1 Å². The zero-order valence-electron chi connectivity index (χ0n) is 14.2. The van der Waals surface area contributed by atoms with Gasteiger partial charge in [0.05, 0.1) is 40.2 Å². The number of nitrogens with zero attached hydrogens (tertiary/aromatic N) is 2. The fourth-order valence-corrected chi connectivity index (χ4v) is 4.48. The molecule has 9 heteroatoms. The maximum absolute atomic E-state index is 6.09. The Bertz CT molecular complexity index is 1090. The summed E-state index contributed by atoms with van der Waals surface area (Å²) in [6.45, 7) is 0. The summed E-state index contributed by atoms with van der Waals surface area (Å²) in [5.41, 5.74) is 2.57. The van der Waals surface area contributed by atoms with Crippen molar-refractivity contribution in [3.05, 3.63) is 45.8 Å². The highest BCUT2D eigenvalue weighted by atomic mass is 35.5. The van der Waals surface area contributed by atoms with Crippen LogP contribution in [0.3, 0.4) is 0 Å². The number of rotatable bonds is 5. The molecule has 0 aliphatic rings. The molecule has 0 radical (unpaired) electrons. The van der Waals surface area contributed by atoms with E-state index >= 15 is 0 Å². The van der Waals surface area contributed by atoms with E-state index in [1.807, 2.05) is 23.6 Å². The van der Waals surface area contributed by atoms with Crippen LogP contribution in [0.4, 0.5) is 10.3 Å². The number of ether oxygens (including phenoxy) is 2. The van der Waals surface area contributed by atoms with Gasteiger partial charge in [0.2, 0.25) is 0 Å². The van der Waals surface area contributed by atoms with Gasteiger partial charge in [0.15, 0.2) is 21.8 Å². The molecule has 0 amide bonds. The summed E-state index contributed by atoms with van der Waals surface area (Å²) in [5.74, 6) is 1.33. The van der Waals surface area contributed by atoms with Crippen molar-refractivity contribution in [3.63, 3.8) is 0 Å². The predicted octanol–water partition coefficient (Wildman–Crippen LogP) is 6.49. The maximum Gasteiger partial charge on any atom is 0.190 e. The summed E-state index contributed by atoms with van der Waals surface area (Å²) in [5, 5.41) is 7.74. The first-order valence-corrected chi connectivity index (χ1v) is 10.2. The molecule has 0 saturated carbocycles. The lowest BCUT2D eigenvalue weighted by Gasteiger charge is -2.05. The van der Waals surface area contributed by atoms with Crippen LogP contribution in [0.15, 0.2) is 35.7 Å². The lowest BCUT2D eigenvalue weighted by Crippen LogP contribution is -1.90. The Kier molecular flexibility index (Phi) is 5.10. The van der Waals surface area contributed by atoms with Crippen LogP contribution in [-0.2, 0) is 0 Å². The molecular weight excluding hydrogens is 425 g/mol. The Hall–Kier alpha value is -2.06. The molecule has 27 heavy (non-hydrogen) atoms. The first-order valence-electron chi connectivity index (χ1n) is 7.78. The smallest absolute Gasteiger partial charge is 0.190 e. The van der Waals surface area contributed by atoms with E-state index in [0.29, 0.717) is 21.5 Å². The number of methoxy groups -OCH3 is 2. The average Bonchev–Trinajstić information content (AvgIpc) is 3.29. The highest BCUT2D eigenvalue weighted by Gasteiger charge is 2.12. The summed E-state index contributed by atoms with van der Waals surface area (Å²) >= 11 is 15.1. The molecule has 5 nitrogen and oxygen atoms in total. The van der Waals surface area contributed by atoms with Crippen molar-refractivity contribution < 1.29 is 9.47 Å². The highest BCUT2D eigenvalue weighted by Crippen LogP contribution is 2.38. The van der Waals surface area contributed by atoms with E-state index in [1.165, 1.54) is 22.7 Å². The second kappa shape index (κ2) is 7.52. The molecule has 0 aliphatic carbocycles. The SMILES string of the molecule is COc1cc2nc(Nc3nc(-c4ccc(Cl)c(Cl)c4)cs3)sc2cc1OC. The van der Waals surface area contributed by atoms with Gasteiger partial charge in [-0.15, -0.1) is 11.3 Å². The summed E-state index contributed by atoms with van der Waals surface area (Å²) < 4.78 is 11.7. The normalized spacial score (nSPS) is 11.0. The molecule has 0 bridgehead atoms. The number of fused-ring (bicyclic) bond motifs is 1. The van der Waals surface area contributed by atoms with E-state index < -0.39 is 0 Å². The van der Waals surface area contributed by atoms with Crippen molar-refractivity contribution in [2.45, 2.75) is 0 Å². The summed E-state index contributed by atoms with van der Waals surface area (Å²) in [6, 6.07) is 9.24. The fraction of sp³-hybridized carbons (Fsp3) is 0.111. The molecule has 0 atom stereocenters. The van der Waals surface area contributed by atoms with E-state index in [9.17, 15) is 0 Å². The number of aromatic nitrogens is 2. The first-order chi connectivity index (χ1) is 13.1. The van der Waals surface area contributed by atoms with Gasteiger partial charge in [0, 0.05) is 23.1 Å². The van der Waals surface area contributed by atoms with Crippen LogP contribution >= 0.6 is 45.9 Å². The Morgan fingerprint density at radius 2 is 1.70 bits per heavy atom. The van der Waals surface area contributed by atoms with Gasteiger partial charge in [-0.1, -0.05) is 40.6 Å². The van der Waals surface area contributed by atoms with Crippen LogP contribution in [0, 0.1) is 0 Å². The number of anilines is 2. The lowest BCUT2D eigenvalue weighted by molar-refractivity contribution is 0.356. The van der Waals surface area contributed by atoms with Crippen LogP contribution in [0.1, 0.15) is 0 Å². The van der Waals surface area contributed by atoms with E-state index in [2.05, 4.69) is 15.3 Å². The molecule has 138 valence electrons. The summed E-state index contributed by atoms with van der Waals surface area (Å²) in [7, 11) is 3.22. The number of thiazole rings is 2. The van der Waals surface area contributed by atoms with Gasteiger partial charge >= 0.3 is 0 Å². The van der Waals surface area contributed by atoms with Crippen molar-refractivity contribution in [1.29, 1.82) is 0 Å². The number of halogens is 2. The number of benzene rings is 2. The number of nitrogens with one attached hydrogen (secondary N) is 1. The highest BCUT2D eigenvalue weighted by molar-refractivity contribution is 7.22. The molecule has 2 aromatic carbocycles. The van der Waals surface area contributed by atoms with Gasteiger partial charge < -0.3 is 14.8 Å². The van der Waals surface area contributed by atoms with Gasteiger partial charge in [0.25, 0.3) is 0 Å². The summed E-state index contributed by atoms with van der Waals surface area (Å²) in [6.07, 6.45) is 0. The molecule has 1 N–H and O–H groups in total. The summed E-state index contributed by atoms with van der Waals surface area (Å²) in [4.78, 5) is 9.21. The van der Waals surface area contributed by atoms with Crippen LogP contribution < -0.4 is 14.8 Å². The maximum atomic E-state index is 6.09. The number of hydrogen-bond donors (Lipinski definition) is 1. The second-order valence-electron chi connectivity index (χ2n) is 5.49. The zero-order chi connectivity index (χ0) is 19.0. The second-order valence-corrected chi connectivity index (χ2v) is 8.19. The van der Waals surface area contributed by atoms with Crippen molar-refractivity contribution in [2.75, 3.05) is 19.5 Å². The molecule has 2 aromatic heterocycles. The lowest BCUT2D eigenvalue weighted by atomic mass is 10.2. The van der Waals surface area contributed by atoms with E-state index in [4.69, 9.17) is 32.7 Å². The molecular formula is C18H13Cl2N3O2S2. The Morgan fingerprint density at radius 3 is 2.44 bits per heavy atom. The van der Waals surface area contributed by atoms with Crippen LogP contribution in [0.2, 0.25) is 10.0 Å².